The summed E-state index contributed by atoms with van der Waals surface area (Å²) in [6.07, 6.45) is 4.30. The fourth-order valence-electron chi connectivity index (χ4n) is 0.593. The van der Waals surface area contributed by atoms with Gasteiger partial charge in [-0.15, -0.1) is 0 Å². The van der Waals surface area contributed by atoms with E-state index in [1.807, 2.05) is 13.8 Å². The Morgan fingerprint density at radius 1 is 1.07 bits per heavy atom. The highest BCUT2D eigenvalue weighted by molar-refractivity contribution is 8.08. The molecule has 0 amide bonds. The molecule has 0 aromatic carbocycles. The quantitative estimate of drug-likeness (QED) is 0.375. The summed E-state index contributed by atoms with van der Waals surface area (Å²) in [5.41, 5.74) is 0. The SMILES string of the molecule is CCC(N=C=O)SOSC(CC)N=C=O. The van der Waals surface area contributed by atoms with Gasteiger partial charge in [0.1, 0.15) is 10.7 Å². The molecule has 2 atom stereocenters. The summed E-state index contributed by atoms with van der Waals surface area (Å²) in [6, 6.07) is 0. The molecule has 0 aromatic rings. The topological polar surface area (TPSA) is 68.1 Å². The van der Waals surface area contributed by atoms with Crippen LogP contribution in [0.2, 0.25) is 0 Å². The molecule has 7 heteroatoms. The molecule has 0 radical (unpaired) electrons. The van der Waals surface area contributed by atoms with E-state index in [0.29, 0.717) is 12.8 Å². The van der Waals surface area contributed by atoms with Gasteiger partial charge in [-0.1, -0.05) is 13.8 Å². The Balaban J connectivity index is 3.84. The van der Waals surface area contributed by atoms with Crippen molar-refractivity contribution < 1.29 is 13.2 Å². The second-order valence-electron chi connectivity index (χ2n) is 2.43. The van der Waals surface area contributed by atoms with Gasteiger partial charge in [0.05, 0.1) is 0 Å². The molecule has 15 heavy (non-hydrogen) atoms. The van der Waals surface area contributed by atoms with Crippen LogP contribution >= 0.6 is 24.1 Å². The van der Waals surface area contributed by atoms with Crippen LogP contribution in [-0.2, 0) is 13.2 Å². The van der Waals surface area contributed by atoms with Gasteiger partial charge in [0.15, 0.2) is 0 Å². The third-order valence-corrected chi connectivity index (χ3v) is 3.34. The van der Waals surface area contributed by atoms with E-state index in [2.05, 4.69) is 9.98 Å². The molecular weight excluding hydrogens is 236 g/mol. The number of hydrogen-bond acceptors (Lipinski definition) is 7. The summed E-state index contributed by atoms with van der Waals surface area (Å²) in [5, 5.41) is -0.513. The van der Waals surface area contributed by atoms with E-state index in [0.717, 1.165) is 24.1 Å². The Bertz CT molecular complexity index is 237. The Kier molecular flexibility index (Phi) is 9.57. The van der Waals surface area contributed by atoms with Crippen molar-refractivity contribution in [3.8, 4) is 0 Å². The molecule has 0 fully saturated rings. The summed E-state index contributed by atoms with van der Waals surface area (Å²) < 4.78 is 5.13. The van der Waals surface area contributed by atoms with Crippen molar-refractivity contribution >= 4 is 36.2 Å². The summed E-state index contributed by atoms with van der Waals surface area (Å²) in [5.74, 6) is 0. The Morgan fingerprint density at radius 2 is 1.47 bits per heavy atom. The van der Waals surface area contributed by atoms with Gasteiger partial charge in [0.2, 0.25) is 12.2 Å². The van der Waals surface area contributed by atoms with Crippen molar-refractivity contribution in [2.24, 2.45) is 9.98 Å². The lowest BCUT2D eigenvalue weighted by molar-refractivity contribution is 0.561. The fourth-order valence-corrected chi connectivity index (χ4v) is 1.94. The number of isocyanates is 2. The Labute approximate surface area is 97.2 Å². The zero-order valence-electron chi connectivity index (χ0n) is 8.50. The molecule has 2 unspecified atom stereocenters. The standard InChI is InChI=1S/C8H12N2O3S2/c1-3-7(9-5-11)14-13-15-8(4-2)10-6-12/h7-8H,3-4H2,1-2H3. The van der Waals surface area contributed by atoms with E-state index in [1.165, 1.54) is 12.2 Å². The van der Waals surface area contributed by atoms with Crippen LogP contribution in [0.25, 0.3) is 0 Å². The van der Waals surface area contributed by atoms with Crippen molar-refractivity contribution in [2.75, 3.05) is 0 Å². The maximum absolute atomic E-state index is 9.99. The first kappa shape index (κ1) is 14.4. The third-order valence-electron chi connectivity index (χ3n) is 1.39. The number of nitrogens with zero attached hydrogens (tertiary/aromatic N) is 2. The van der Waals surface area contributed by atoms with Gasteiger partial charge >= 0.3 is 0 Å². The molecule has 0 aromatic heterocycles. The normalized spacial score (nSPS) is 13.5. The third kappa shape index (κ3) is 7.36. The number of rotatable bonds is 8. The lowest BCUT2D eigenvalue weighted by atomic mass is 10.5. The van der Waals surface area contributed by atoms with Gasteiger partial charge in [-0.2, -0.15) is 9.98 Å². The van der Waals surface area contributed by atoms with E-state index >= 15 is 0 Å². The predicted molar refractivity (Wildman–Crippen MR) is 60.7 cm³/mol. The molecule has 0 N–H and O–H groups in total. The van der Waals surface area contributed by atoms with Gasteiger partial charge in [-0.25, -0.2) is 13.2 Å². The molecule has 0 rings (SSSR count). The van der Waals surface area contributed by atoms with Crippen molar-refractivity contribution in [2.45, 2.75) is 37.4 Å². The van der Waals surface area contributed by atoms with Gasteiger partial charge in [0, 0.05) is 24.1 Å². The highest BCUT2D eigenvalue weighted by Gasteiger charge is 2.10. The largest absolute Gasteiger partial charge is 0.243 e. The van der Waals surface area contributed by atoms with Crippen molar-refractivity contribution in [1.82, 2.24) is 0 Å². The van der Waals surface area contributed by atoms with E-state index in [-0.39, 0.29) is 10.7 Å². The van der Waals surface area contributed by atoms with Gasteiger partial charge in [-0.3, -0.25) is 0 Å². The average molecular weight is 248 g/mol. The molecule has 0 aliphatic rings. The fraction of sp³-hybridized carbons (Fsp3) is 0.750. The van der Waals surface area contributed by atoms with Crippen LogP contribution in [0.3, 0.4) is 0 Å². The van der Waals surface area contributed by atoms with E-state index in [9.17, 15) is 9.59 Å². The van der Waals surface area contributed by atoms with Crippen LogP contribution in [0.1, 0.15) is 26.7 Å². The second-order valence-corrected chi connectivity index (χ2v) is 4.44. The smallest absolute Gasteiger partial charge is 0.236 e. The van der Waals surface area contributed by atoms with Crippen LogP contribution in [-0.4, -0.2) is 22.9 Å². The monoisotopic (exact) mass is 248 g/mol. The number of carbonyl (C=O) groups excluding carboxylic acids is 2. The molecule has 5 nitrogen and oxygen atoms in total. The molecule has 0 bridgehead atoms. The molecule has 0 heterocycles. The van der Waals surface area contributed by atoms with E-state index < -0.39 is 0 Å². The van der Waals surface area contributed by atoms with Gasteiger partial charge in [0.25, 0.3) is 0 Å². The first-order chi connectivity index (χ1) is 7.28. The maximum atomic E-state index is 9.99. The predicted octanol–water partition coefficient (Wildman–Crippen LogP) is 2.44. The minimum absolute atomic E-state index is 0.257. The minimum Gasteiger partial charge on any atom is -0.243 e. The summed E-state index contributed by atoms with van der Waals surface area (Å²) >= 11 is 2.12. The van der Waals surface area contributed by atoms with Crippen molar-refractivity contribution in [1.29, 1.82) is 0 Å². The summed E-state index contributed by atoms with van der Waals surface area (Å²) in [6.45, 7) is 3.76. The zero-order chi connectivity index (χ0) is 11.5. The van der Waals surface area contributed by atoms with Crippen LogP contribution in [0.4, 0.5) is 0 Å². The number of hydrogen-bond donors (Lipinski definition) is 0. The lowest BCUT2D eigenvalue weighted by Gasteiger charge is -2.08. The van der Waals surface area contributed by atoms with Crippen LogP contribution in [0.5, 0.6) is 0 Å². The molecule has 0 saturated carbocycles. The van der Waals surface area contributed by atoms with E-state index in [4.69, 9.17) is 3.63 Å². The minimum atomic E-state index is -0.257. The van der Waals surface area contributed by atoms with Crippen LogP contribution < -0.4 is 0 Å². The van der Waals surface area contributed by atoms with Crippen LogP contribution in [0.15, 0.2) is 9.98 Å². The molecule has 0 saturated heterocycles. The van der Waals surface area contributed by atoms with Gasteiger partial charge in [-0.05, 0) is 12.8 Å². The van der Waals surface area contributed by atoms with Crippen molar-refractivity contribution in [3.05, 3.63) is 0 Å². The van der Waals surface area contributed by atoms with Crippen molar-refractivity contribution in [3.63, 3.8) is 0 Å². The molecule has 0 aliphatic heterocycles. The van der Waals surface area contributed by atoms with E-state index in [1.54, 1.807) is 0 Å². The first-order valence-electron chi connectivity index (χ1n) is 4.41. The molecule has 0 aliphatic carbocycles. The van der Waals surface area contributed by atoms with Gasteiger partial charge < -0.3 is 0 Å². The highest BCUT2D eigenvalue weighted by atomic mass is 32.2. The molecule has 84 valence electrons. The Hall–Kier alpha value is -0.580. The highest BCUT2D eigenvalue weighted by Crippen LogP contribution is 2.27. The summed E-state index contributed by atoms with van der Waals surface area (Å²) in [7, 11) is 0. The van der Waals surface area contributed by atoms with Crippen LogP contribution in [0, 0.1) is 0 Å². The molecular formula is C8H12N2O3S2. The molecule has 0 spiro atoms. The zero-order valence-corrected chi connectivity index (χ0v) is 10.1. The summed E-state index contributed by atoms with van der Waals surface area (Å²) in [4.78, 5) is 27.0. The maximum Gasteiger partial charge on any atom is 0.236 e. The average Bonchev–Trinajstić information content (AvgIpc) is 2.26. The second kappa shape index (κ2) is 9.96. The lowest BCUT2D eigenvalue weighted by Crippen LogP contribution is -1.98. The first-order valence-corrected chi connectivity index (χ1v) is 6.02. The number of aliphatic imine (C=N–C) groups is 2. The Morgan fingerprint density at radius 3 is 1.73 bits per heavy atom.